The van der Waals surface area contributed by atoms with Gasteiger partial charge in [0.25, 0.3) is 0 Å². The van der Waals surface area contributed by atoms with Crippen LogP contribution in [-0.4, -0.2) is 24.0 Å². The fraction of sp³-hybridized carbons (Fsp3) is 0. The first-order chi connectivity index (χ1) is 14.9. The number of hydrogen-bond donors (Lipinski definition) is 2. The molecule has 0 heterocycles. The number of para-hydroxylation sites is 1. The Morgan fingerprint density at radius 1 is 0.871 bits per heavy atom. The highest BCUT2D eigenvalue weighted by Gasteiger charge is 2.15. The number of anilines is 1. The fourth-order valence-electron chi connectivity index (χ4n) is 2.43. The molecule has 9 heteroatoms. The third-order valence-corrected chi connectivity index (χ3v) is 4.44. The van der Waals surface area contributed by atoms with Crippen LogP contribution in [0.5, 0.6) is 5.75 Å². The van der Waals surface area contributed by atoms with Crippen molar-refractivity contribution >= 4 is 52.9 Å². The molecule has 0 spiro atoms. The molecule has 0 aromatic heterocycles. The number of halogens is 2. The molecular formula is C22H15Cl2N3O4. The van der Waals surface area contributed by atoms with Gasteiger partial charge in [-0.1, -0.05) is 53.5 Å². The van der Waals surface area contributed by atoms with Crippen LogP contribution in [0.25, 0.3) is 0 Å². The van der Waals surface area contributed by atoms with Gasteiger partial charge in [0.2, 0.25) is 0 Å². The molecule has 0 fully saturated rings. The van der Waals surface area contributed by atoms with Crippen molar-refractivity contribution in [2.45, 2.75) is 0 Å². The summed E-state index contributed by atoms with van der Waals surface area (Å²) in [6, 6.07) is 19.4. The molecule has 0 bridgehead atoms. The highest BCUT2D eigenvalue weighted by molar-refractivity contribution is 6.39. The normalized spacial score (nSPS) is 10.5. The van der Waals surface area contributed by atoms with Crippen molar-refractivity contribution in [3.05, 3.63) is 94.0 Å². The Morgan fingerprint density at radius 2 is 1.61 bits per heavy atom. The lowest BCUT2D eigenvalue weighted by atomic mass is 10.2. The van der Waals surface area contributed by atoms with Crippen LogP contribution in [0, 0.1) is 0 Å². The average molecular weight is 456 g/mol. The summed E-state index contributed by atoms with van der Waals surface area (Å²) < 4.78 is 5.39. The van der Waals surface area contributed by atoms with E-state index in [-0.39, 0.29) is 16.3 Å². The van der Waals surface area contributed by atoms with Gasteiger partial charge in [-0.3, -0.25) is 9.59 Å². The molecule has 0 aliphatic carbocycles. The quantitative estimate of drug-likeness (QED) is 0.197. The molecule has 0 radical (unpaired) electrons. The standard InChI is InChI=1S/C22H15Cl2N3O4/c23-15-7-5-8-16(12-15)26-20(28)21(29)27-25-13-14-6-1-4-11-19(14)31-22(30)17-9-2-3-10-18(17)24/h1-13H,(H,26,28)(H,27,29)/b25-13+. The van der Waals surface area contributed by atoms with Gasteiger partial charge in [0.15, 0.2) is 0 Å². The number of carbonyl (C=O) groups excluding carboxylic acids is 3. The van der Waals surface area contributed by atoms with Crippen molar-refractivity contribution in [3.8, 4) is 5.75 Å². The Balaban J connectivity index is 1.63. The lowest BCUT2D eigenvalue weighted by molar-refractivity contribution is -0.136. The van der Waals surface area contributed by atoms with Crippen LogP contribution >= 0.6 is 23.2 Å². The first kappa shape index (κ1) is 22.0. The van der Waals surface area contributed by atoms with Crippen molar-refractivity contribution in [3.63, 3.8) is 0 Å². The monoisotopic (exact) mass is 455 g/mol. The zero-order valence-corrected chi connectivity index (χ0v) is 17.4. The van der Waals surface area contributed by atoms with E-state index in [0.717, 1.165) is 0 Å². The summed E-state index contributed by atoms with van der Waals surface area (Å²) >= 11 is 11.9. The lowest BCUT2D eigenvalue weighted by Crippen LogP contribution is -2.32. The summed E-state index contributed by atoms with van der Waals surface area (Å²) in [5, 5.41) is 6.83. The van der Waals surface area contributed by atoms with Crippen LogP contribution in [0.1, 0.15) is 15.9 Å². The van der Waals surface area contributed by atoms with E-state index in [1.165, 1.54) is 12.3 Å². The van der Waals surface area contributed by atoms with E-state index < -0.39 is 17.8 Å². The van der Waals surface area contributed by atoms with Crippen LogP contribution in [0.4, 0.5) is 5.69 Å². The number of ether oxygens (including phenoxy) is 1. The molecule has 2 amide bonds. The average Bonchev–Trinajstić information content (AvgIpc) is 2.75. The maximum absolute atomic E-state index is 12.4. The van der Waals surface area contributed by atoms with Gasteiger partial charge in [0.1, 0.15) is 5.75 Å². The van der Waals surface area contributed by atoms with Crippen LogP contribution in [0.3, 0.4) is 0 Å². The SMILES string of the molecule is O=C(N/N=C/c1ccccc1OC(=O)c1ccccc1Cl)C(=O)Nc1cccc(Cl)c1. The van der Waals surface area contributed by atoms with Gasteiger partial charge < -0.3 is 10.1 Å². The Labute approximate surface area is 187 Å². The summed E-state index contributed by atoms with van der Waals surface area (Å²) in [4.78, 5) is 36.3. The van der Waals surface area contributed by atoms with E-state index in [4.69, 9.17) is 27.9 Å². The Kier molecular flexibility index (Phi) is 7.37. The number of amides is 2. The van der Waals surface area contributed by atoms with Crippen LogP contribution in [-0.2, 0) is 9.59 Å². The van der Waals surface area contributed by atoms with Gasteiger partial charge in [-0.25, -0.2) is 10.2 Å². The summed E-state index contributed by atoms with van der Waals surface area (Å²) in [6.07, 6.45) is 1.25. The molecular weight excluding hydrogens is 441 g/mol. The van der Waals surface area contributed by atoms with E-state index in [1.807, 2.05) is 0 Å². The molecule has 3 rings (SSSR count). The number of hydrogen-bond acceptors (Lipinski definition) is 5. The lowest BCUT2D eigenvalue weighted by Gasteiger charge is -2.08. The van der Waals surface area contributed by atoms with Gasteiger partial charge in [-0.05, 0) is 42.5 Å². The van der Waals surface area contributed by atoms with Gasteiger partial charge in [0, 0.05) is 16.3 Å². The first-order valence-electron chi connectivity index (χ1n) is 8.90. The number of hydrazone groups is 1. The molecule has 0 aliphatic rings. The molecule has 2 N–H and O–H groups in total. The Morgan fingerprint density at radius 3 is 2.39 bits per heavy atom. The summed E-state index contributed by atoms with van der Waals surface area (Å²) in [5.41, 5.74) is 3.09. The van der Waals surface area contributed by atoms with Crippen molar-refractivity contribution in [2.24, 2.45) is 5.10 Å². The Bertz CT molecular complexity index is 1160. The van der Waals surface area contributed by atoms with E-state index in [2.05, 4.69) is 15.8 Å². The second kappa shape index (κ2) is 10.4. The smallest absolute Gasteiger partial charge is 0.345 e. The molecule has 3 aromatic carbocycles. The molecule has 0 aliphatic heterocycles. The highest BCUT2D eigenvalue weighted by atomic mass is 35.5. The van der Waals surface area contributed by atoms with Crippen molar-refractivity contribution in [2.75, 3.05) is 5.32 Å². The highest BCUT2D eigenvalue weighted by Crippen LogP contribution is 2.21. The maximum Gasteiger partial charge on any atom is 0.345 e. The fourth-order valence-corrected chi connectivity index (χ4v) is 2.83. The molecule has 156 valence electrons. The topological polar surface area (TPSA) is 96.9 Å². The number of esters is 1. The minimum Gasteiger partial charge on any atom is -0.422 e. The van der Waals surface area contributed by atoms with E-state index in [0.29, 0.717) is 16.3 Å². The van der Waals surface area contributed by atoms with E-state index in [9.17, 15) is 14.4 Å². The number of carbonyl (C=O) groups is 3. The third-order valence-electron chi connectivity index (χ3n) is 3.87. The van der Waals surface area contributed by atoms with Gasteiger partial charge in [-0.2, -0.15) is 5.10 Å². The zero-order chi connectivity index (χ0) is 22.2. The van der Waals surface area contributed by atoms with Crippen LogP contribution in [0.15, 0.2) is 77.9 Å². The molecule has 0 atom stereocenters. The largest absolute Gasteiger partial charge is 0.422 e. The maximum atomic E-state index is 12.4. The Hall–Kier alpha value is -3.68. The van der Waals surface area contributed by atoms with Crippen molar-refractivity contribution < 1.29 is 19.1 Å². The number of nitrogens with one attached hydrogen (secondary N) is 2. The predicted octanol–water partition coefficient (Wildman–Crippen LogP) is 4.30. The molecule has 0 saturated carbocycles. The predicted molar refractivity (Wildman–Crippen MR) is 119 cm³/mol. The molecule has 3 aromatic rings. The minimum absolute atomic E-state index is 0.203. The van der Waals surface area contributed by atoms with E-state index >= 15 is 0 Å². The molecule has 31 heavy (non-hydrogen) atoms. The van der Waals surface area contributed by atoms with E-state index in [1.54, 1.807) is 66.7 Å². The molecule has 0 unspecified atom stereocenters. The van der Waals surface area contributed by atoms with Crippen LogP contribution in [0.2, 0.25) is 10.0 Å². The molecule has 7 nitrogen and oxygen atoms in total. The summed E-state index contributed by atoms with van der Waals surface area (Å²) in [6.45, 7) is 0. The van der Waals surface area contributed by atoms with Crippen molar-refractivity contribution in [1.82, 2.24) is 5.43 Å². The minimum atomic E-state index is -0.984. The second-order valence-electron chi connectivity index (χ2n) is 6.07. The summed E-state index contributed by atoms with van der Waals surface area (Å²) in [7, 11) is 0. The van der Waals surface area contributed by atoms with Crippen LogP contribution < -0.4 is 15.5 Å². The zero-order valence-electron chi connectivity index (χ0n) is 15.8. The van der Waals surface area contributed by atoms with Crippen molar-refractivity contribution in [1.29, 1.82) is 0 Å². The van der Waals surface area contributed by atoms with Gasteiger partial charge in [0.05, 0.1) is 16.8 Å². The first-order valence-corrected chi connectivity index (χ1v) is 9.65. The number of nitrogens with zero attached hydrogens (tertiary/aromatic N) is 1. The van der Waals surface area contributed by atoms with Gasteiger partial charge >= 0.3 is 17.8 Å². The third kappa shape index (κ3) is 6.15. The second-order valence-corrected chi connectivity index (χ2v) is 6.91. The van der Waals surface area contributed by atoms with Gasteiger partial charge in [-0.15, -0.1) is 0 Å². The molecule has 0 saturated heterocycles. The number of benzene rings is 3. The summed E-state index contributed by atoms with van der Waals surface area (Å²) in [5.74, 6) is -2.34. The number of rotatable bonds is 5.